The molecule has 1 aromatic rings. The Hall–Kier alpha value is -0.580. The maximum atomic E-state index is 5.98. The van der Waals surface area contributed by atoms with Gasteiger partial charge in [0, 0.05) is 16.6 Å². The van der Waals surface area contributed by atoms with Crippen molar-refractivity contribution in [3.8, 4) is 5.75 Å². The number of hydrogen-bond donors (Lipinski definition) is 1. The zero-order valence-corrected chi connectivity index (χ0v) is 13.0. The molecule has 1 aromatic carbocycles. The number of rotatable bonds is 3. The molecule has 1 fully saturated rings. The van der Waals surface area contributed by atoms with Crippen molar-refractivity contribution in [3.63, 3.8) is 0 Å². The molecule has 0 aliphatic carbocycles. The molecule has 0 bridgehead atoms. The summed E-state index contributed by atoms with van der Waals surface area (Å²) in [6.07, 6.45) is 0. The van der Waals surface area contributed by atoms with Crippen molar-refractivity contribution in [2.75, 3.05) is 26.9 Å². The Morgan fingerprint density at radius 2 is 1.83 bits per heavy atom. The highest BCUT2D eigenvalue weighted by Gasteiger charge is 2.43. The van der Waals surface area contributed by atoms with E-state index in [1.165, 1.54) is 22.3 Å². The van der Waals surface area contributed by atoms with Gasteiger partial charge in [0.1, 0.15) is 5.75 Å². The van der Waals surface area contributed by atoms with Crippen molar-refractivity contribution in [3.05, 3.63) is 26.7 Å². The average Bonchev–Trinajstić information content (AvgIpc) is 2.32. The van der Waals surface area contributed by atoms with Crippen LogP contribution in [0.3, 0.4) is 0 Å². The van der Waals surface area contributed by atoms with Crippen molar-refractivity contribution in [1.29, 1.82) is 0 Å². The van der Waals surface area contributed by atoms with Gasteiger partial charge in [-0.2, -0.15) is 0 Å². The number of benzene rings is 1. The van der Waals surface area contributed by atoms with E-state index < -0.39 is 0 Å². The fourth-order valence-corrected chi connectivity index (χ4v) is 3.19. The molecule has 1 saturated heterocycles. The van der Waals surface area contributed by atoms with Crippen LogP contribution >= 0.6 is 15.9 Å². The number of nitrogens with two attached hydrogens (primary N) is 1. The van der Waals surface area contributed by atoms with E-state index in [1.54, 1.807) is 7.11 Å². The summed E-state index contributed by atoms with van der Waals surface area (Å²) in [5.74, 6) is 0.960. The van der Waals surface area contributed by atoms with Crippen LogP contribution in [-0.2, 0) is 10.2 Å². The van der Waals surface area contributed by atoms with Gasteiger partial charge >= 0.3 is 0 Å². The lowest BCUT2D eigenvalue weighted by Crippen LogP contribution is -2.52. The maximum absolute atomic E-state index is 5.98. The molecule has 4 heteroatoms. The fraction of sp³-hybridized carbons (Fsp3) is 0.571. The first-order valence-electron chi connectivity index (χ1n) is 6.10. The van der Waals surface area contributed by atoms with Gasteiger partial charge in [0.2, 0.25) is 0 Å². The van der Waals surface area contributed by atoms with Gasteiger partial charge in [-0.15, -0.1) is 0 Å². The van der Waals surface area contributed by atoms with Gasteiger partial charge in [0.05, 0.1) is 25.7 Å². The van der Waals surface area contributed by atoms with Crippen LogP contribution in [0.25, 0.3) is 0 Å². The lowest BCUT2D eigenvalue weighted by Gasteiger charge is -2.43. The van der Waals surface area contributed by atoms with Crippen LogP contribution in [0, 0.1) is 20.8 Å². The Labute approximate surface area is 117 Å². The normalized spacial score (nSPS) is 17.4. The summed E-state index contributed by atoms with van der Waals surface area (Å²) in [5.41, 5.74) is 10.7. The van der Waals surface area contributed by atoms with Crippen molar-refractivity contribution in [2.24, 2.45) is 5.73 Å². The minimum atomic E-state index is -0.0869. The minimum absolute atomic E-state index is 0.0869. The summed E-state index contributed by atoms with van der Waals surface area (Å²) in [6.45, 7) is 8.24. The number of hydrogen-bond acceptors (Lipinski definition) is 3. The van der Waals surface area contributed by atoms with E-state index in [0.717, 1.165) is 10.2 Å². The van der Waals surface area contributed by atoms with Crippen LogP contribution in [-0.4, -0.2) is 26.9 Å². The largest absolute Gasteiger partial charge is 0.496 e. The Balaban J connectivity index is 2.73. The number of methoxy groups -OCH3 is 1. The van der Waals surface area contributed by atoms with Crippen molar-refractivity contribution in [1.82, 2.24) is 0 Å². The molecular weight excluding hydrogens is 294 g/mol. The Morgan fingerprint density at radius 3 is 2.22 bits per heavy atom. The van der Waals surface area contributed by atoms with Gasteiger partial charge in [0.25, 0.3) is 0 Å². The summed E-state index contributed by atoms with van der Waals surface area (Å²) >= 11 is 3.68. The molecule has 3 nitrogen and oxygen atoms in total. The van der Waals surface area contributed by atoms with Gasteiger partial charge < -0.3 is 15.2 Å². The second-order valence-electron chi connectivity index (χ2n) is 5.07. The summed E-state index contributed by atoms with van der Waals surface area (Å²) in [7, 11) is 1.72. The van der Waals surface area contributed by atoms with Gasteiger partial charge in [-0.25, -0.2) is 0 Å². The van der Waals surface area contributed by atoms with Gasteiger partial charge in [-0.05, 0) is 37.5 Å². The third-order valence-electron chi connectivity index (χ3n) is 4.05. The molecule has 0 amide bonds. The second-order valence-corrected chi connectivity index (χ2v) is 5.87. The van der Waals surface area contributed by atoms with Crippen LogP contribution in [0.2, 0.25) is 0 Å². The predicted octanol–water partition coefficient (Wildman–Crippen LogP) is 2.61. The molecule has 0 spiro atoms. The zero-order chi connectivity index (χ0) is 13.5. The van der Waals surface area contributed by atoms with E-state index in [2.05, 4.69) is 36.7 Å². The second kappa shape index (κ2) is 4.83. The first-order chi connectivity index (χ1) is 8.48. The first kappa shape index (κ1) is 13.8. The van der Waals surface area contributed by atoms with Crippen LogP contribution in [0.5, 0.6) is 5.75 Å². The Kier molecular flexibility index (Phi) is 3.72. The van der Waals surface area contributed by atoms with Crippen LogP contribution in [0.15, 0.2) is 4.47 Å². The monoisotopic (exact) mass is 313 g/mol. The van der Waals surface area contributed by atoms with E-state index in [1.807, 2.05) is 0 Å². The van der Waals surface area contributed by atoms with Gasteiger partial charge in [-0.1, -0.05) is 15.9 Å². The van der Waals surface area contributed by atoms with Crippen LogP contribution in [0.1, 0.15) is 22.3 Å². The van der Waals surface area contributed by atoms with E-state index >= 15 is 0 Å². The summed E-state index contributed by atoms with van der Waals surface area (Å²) in [4.78, 5) is 0. The molecule has 1 heterocycles. The van der Waals surface area contributed by atoms with Crippen molar-refractivity contribution in [2.45, 2.75) is 26.2 Å². The molecule has 0 unspecified atom stereocenters. The maximum Gasteiger partial charge on any atom is 0.126 e. The lowest BCUT2D eigenvalue weighted by molar-refractivity contribution is -0.0563. The Morgan fingerprint density at radius 1 is 1.22 bits per heavy atom. The molecule has 1 aliphatic rings. The smallest absolute Gasteiger partial charge is 0.126 e. The van der Waals surface area contributed by atoms with E-state index in [9.17, 15) is 0 Å². The van der Waals surface area contributed by atoms with E-state index in [-0.39, 0.29) is 5.41 Å². The minimum Gasteiger partial charge on any atom is -0.496 e. The first-order valence-corrected chi connectivity index (χ1v) is 6.89. The molecule has 100 valence electrons. The molecular formula is C14H20BrNO2. The topological polar surface area (TPSA) is 44.5 Å². The van der Waals surface area contributed by atoms with Crippen molar-refractivity contribution >= 4 is 15.9 Å². The molecule has 0 atom stereocenters. The van der Waals surface area contributed by atoms with Crippen LogP contribution < -0.4 is 10.5 Å². The third kappa shape index (κ3) is 1.78. The van der Waals surface area contributed by atoms with Crippen LogP contribution in [0.4, 0.5) is 0 Å². The fourth-order valence-electron chi connectivity index (χ4n) is 2.69. The highest BCUT2D eigenvalue weighted by atomic mass is 79.9. The standard InChI is InChI=1S/C14H20BrNO2/c1-8-9(2)13(17-4)11(10(3)12(8)15)14(5-16)6-18-7-14/h5-7,16H2,1-4H3. The van der Waals surface area contributed by atoms with E-state index in [4.69, 9.17) is 15.2 Å². The SMILES string of the molecule is COc1c(C)c(C)c(Br)c(C)c1C1(CN)COC1. The predicted molar refractivity (Wildman–Crippen MR) is 76.5 cm³/mol. The highest BCUT2D eigenvalue weighted by Crippen LogP contribution is 2.45. The average molecular weight is 314 g/mol. The molecule has 0 radical (unpaired) electrons. The Bertz CT molecular complexity index is 476. The molecule has 2 N–H and O–H groups in total. The molecule has 1 aliphatic heterocycles. The third-order valence-corrected chi connectivity index (χ3v) is 5.24. The molecule has 2 rings (SSSR count). The summed E-state index contributed by atoms with van der Waals surface area (Å²) in [6, 6.07) is 0. The molecule has 0 saturated carbocycles. The quantitative estimate of drug-likeness (QED) is 0.933. The molecule has 18 heavy (non-hydrogen) atoms. The summed E-state index contributed by atoms with van der Waals surface area (Å²) < 4.78 is 12.2. The van der Waals surface area contributed by atoms with Crippen molar-refractivity contribution < 1.29 is 9.47 Å². The molecule has 0 aromatic heterocycles. The number of halogens is 1. The van der Waals surface area contributed by atoms with Gasteiger partial charge in [-0.3, -0.25) is 0 Å². The number of ether oxygens (including phenoxy) is 2. The van der Waals surface area contributed by atoms with E-state index in [0.29, 0.717) is 19.8 Å². The lowest BCUT2D eigenvalue weighted by atomic mass is 9.75. The van der Waals surface area contributed by atoms with Gasteiger partial charge in [0.15, 0.2) is 0 Å². The highest BCUT2D eigenvalue weighted by molar-refractivity contribution is 9.10. The summed E-state index contributed by atoms with van der Waals surface area (Å²) in [5, 5.41) is 0. The zero-order valence-electron chi connectivity index (χ0n) is 11.4.